The van der Waals surface area contributed by atoms with Crippen LogP contribution in [0.15, 0.2) is 0 Å². The topological polar surface area (TPSA) is 24.5 Å². The van der Waals surface area contributed by atoms with Crippen molar-refractivity contribution in [3.05, 3.63) is 0 Å². The maximum Gasteiger partial charge on any atom is 0.0707 e. The van der Waals surface area contributed by atoms with Crippen molar-refractivity contribution in [3.63, 3.8) is 0 Å². The third-order valence-corrected chi connectivity index (χ3v) is 4.89. The van der Waals surface area contributed by atoms with Crippen LogP contribution >= 0.6 is 0 Å². The molecule has 2 aliphatic heterocycles. The normalized spacial score (nSPS) is 42.9. The molecule has 0 amide bonds. The number of likely N-dealkylation sites (tertiary alicyclic amines) is 1. The van der Waals surface area contributed by atoms with Crippen molar-refractivity contribution >= 4 is 0 Å². The summed E-state index contributed by atoms with van der Waals surface area (Å²) in [4.78, 5) is 2.67. The summed E-state index contributed by atoms with van der Waals surface area (Å²) in [5, 5.41) is 3.52. The monoisotopic (exact) mass is 238 g/mol. The first-order valence-electron chi connectivity index (χ1n) is 7.40. The fourth-order valence-electron chi connectivity index (χ4n) is 3.99. The van der Waals surface area contributed by atoms with E-state index in [0.717, 1.165) is 12.0 Å². The molecule has 1 aliphatic carbocycles. The summed E-state index contributed by atoms with van der Waals surface area (Å²) in [7, 11) is 2.13. The molecule has 1 N–H and O–H groups in total. The molecule has 0 aromatic rings. The second kappa shape index (κ2) is 5.25. The Morgan fingerprint density at radius 2 is 1.76 bits per heavy atom. The maximum absolute atomic E-state index is 5.91. The standard InChI is InChI=1S/C14H26N2O/c1-15-14-5-3-2-4-11(14)8-16-9-12-6-7-13(10-16)17-12/h11-15H,2-10H2,1H3. The molecule has 0 radical (unpaired) electrons. The van der Waals surface area contributed by atoms with Gasteiger partial charge in [0.25, 0.3) is 0 Å². The molecule has 2 bridgehead atoms. The largest absolute Gasteiger partial charge is 0.372 e. The zero-order valence-electron chi connectivity index (χ0n) is 11.0. The van der Waals surface area contributed by atoms with Crippen molar-refractivity contribution in [1.29, 1.82) is 0 Å². The minimum absolute atomic E-state index is 0.547. The molecule has 4 unspecified atom stereocenters. The lowest BCUT2D eigenvalue weighted by atomic mass is 9.84. The highest BCUT2D eigenvalue weighted by atomic mass is 16.5. The van der Waals surface area contributed by atoms with Gasteiger partial charge in [-0.3, -0.25) is 4.90 Å². The highest BCUT2D eigenvalue weighted by Crippen LogP contribution is 2.30. The van der Waals surface area contributed by atoms with Crippen molar-refractivity contribution in [1.82, 2.24) is 10.2 Å². The van der Waals surface area contributed by atoms with Crippen LogP contribution in [-0.4, -0.2) is 49.8 Å². The van der Waals surface area contributed by atoms with E-state index < -0.39 is 0 Å². The van der Waals surface area contributed by atoms with E-state index in [0.29, 0.717) is 12.2 Å². The molecule has 0 aromatic heterocycles. The zero-order chi connectivity index (χ0) is 11.7. The zero-order valence-corrected chi connectivity index (χ0v) is 11.0. The molecular weight excluding hydrogens is 212 g/mol. The summed E-state index contributed by atoms with van der Waals surface area (Å²) in [5.41, 5.74) is 0. The minimum Gasteiger partial charge on any atom is -0.372 e. The van der Waals surface area contributed by atoms with E-state index in [1.165, 1.54) is 58.2 Å². The Balaban J connectivity index is 1.55. The number of ether oxygens (including phenoxy) is 1. The number of rotatable bonds is 3. The lowest BCUT2D eigenvalue weighted by Gasteiger charge is -2.38. The molecule has 1 saturated carbocycles. The molecule has 0 aromatic carbocycles. The van der Waals surface area contributed by atoms with Gasteiger partial charge in [-0.25, -0.2) is 0 Å². The molecule has 0 spiro atoms. The number of hydrogen-bond acceptors (Lipinski definition) is 3. The quantitative estimate of drug-likeness (QED) is 0.809. The molecule has 3 aliphatic rings. The SMILES string of the molecule is CNC1CCCCC1CN1CC2CCC(C1)O2. The molecule has 2 saturated heterocycles. The third-order valence-electron chi connectivity index (χ3n) is 4.89. The average molecular weight is 238 g/mol. The van der Waals surface area contributed by atoms with Crippen molar-refractivity contribution in [2.24, 2.45) is 5.92 Å². The molecule has 3 heteroatoms. The smallest absolute Gasteiger partial charge is 0.0707 e. The van der Waals surface area contributed by atoms with Crippen LogP contribution in [-0.2, 0) is 4.74 Å². The lowest BCUT2D eigenvalue weighted by molar-refractivity contribution is -0.0452. The first-order chi connectivity index (χ1) is 8.35. The van der Waals surface area contributed by atoms with Gasteiger partial charge in [-0.05, 0) is 38.6 Å². The van der Waals surface area contributed by atoms with Crippen LogP contribution in [0.3, 0.4) is 0 Å². The van der Waals surface area contributed by atoms with E-state index in [4.69, 9.17) is 4.74 Å². The van der Waals surface area contributed by atoms with E-state index in [1.54, 1.807) is 0 Å². The minimum atomic E-state index is 0.547. The predicted molar refractivity (Wildman–Crippen MR) is 69.1 cm³/mol. The second-order valence-electron chi connectivity index (χ2n) is 6.12. The Morgan fingerprint density at radius 3 is 2.47 bits per heavy atom. The van der Waals surface area contributed by atoms with Gasteiger partial charge in [0.05, 0.1) is 12.2 Å². The van der Waals surface area contributed by atoms with Crippen molar-refractivity contribution in [2.75, 3.05) is 26.7 Å². The van der Waals surface area contributed by atoms with Crippen molar-refractivity contribution < 1.29 is 4.74 Å². The van der Waals surface area contributed by atoms with Crippen LogP contribution < -0.4 is 5.32 Å². The van der Waals surface area contributed by atoms with Gasteiger partial charge in [0.1, 0.15) is 0 Å². The maximum atomic E-state index is 5.91. The van der Waals surface area contributed by atoms with Gasteiger partial charge in [-0.15, -0.1) is 0 Å². The predicted octanol–water partition coefficient (Wildman–Crippen LogP) is 1.63. The Hall–Kier alpha value is -0.120. The van der Waals surface area contributed by atoms with Gasteiger partial charge < -0.3 is 10.1 Å². The van der Waals surface area contributed by atoms with E-state index >= 15 is 0 Å². The number of fused-ring (bicyclic) bond motifs is 2. The van der Waals surface area contributed by atoms with Gasteiger partial charge in [0.15, 0.2) is 0 Å². The van der Waals surface area contributed by atoms with Crippen LogP contribution in [0.4, 0.5) is 0 Å². The number of hydrogen-bond donors (Lipinski definition) is 1. The molecule has 17 heavy (non-hydrogen) atoms. The second-order valence-corrected chi connectivity index (χ2v) is 6.12. The van der Waals surface area contributed by atoms with E-state index in [1.807, 2.05) is 0 Å². The van der Waals surface area contributed by atoms with Crippen LogP contribution in [0.5, 0.6) is 0 Å². The summed E-state index contributed by atoms with van der Waals surface area (Å²) >= 11 is 0. The van der Waals surface area contributed by atoms with Crippen LogP contribution in [0.1, 0.15) is 38.5 Å². The van der Waals surface area contributed by atoms with Gasteiger partial charge in [0, 0.05) is 25.7 Å². The summed E-state index contributed by atoms with van der Waals surface area (Å²) in [6, 6.07) is 0.754. The molecule has 3 nitrogen and oxygen atoms in total. The summed E-state index contributed by atoms with van der Waals surface area (Å²) in [5.74, 6) is 0.867. The number of nitrogens with one attached hydrogen (secondary N) is 1. The fraction of sp³-hybridized carbons (Fsp3) is 1.00. The Morgan fingerprint density at radius 1 is 1.06 bits per heavy atom. The van der Waals surface area contributed by atoms with Gasteiger partial charge in [0.2, 0.25) is 0 Å². The molecule has 3 fully saturated rings. The van der Waals surface area contributed by atoms with Crippen molar-refractivity contribution in [2.45, 2.75) is 56.8 Å². The van der Waals surface area contributed by atoms with Gasteiger partial charge >= 0.3 is 0 Å². The Labute approximate surface area is 105 Å². The highest BCUT2D eigenvalue weighted by Gasteiger charge is 2.35. The number of morpholine rings is 1. The average Bonchev–Trinajstić information content (AvgIpc) is 2.69. The first-order valence-corrected chi connectivity index (χ1v) is 7.40. The first kappa shape index (κ1) is 11.9. The van der Waals surface area contributed by atoms with E-state index in [-0.39, 0.29) is 0 Å². The molecule has 4 atom stereocenters. The van der Waals surface area contributed by atoms with Crippen LogP contribution in [0.25, 0.3) is 0 Å². The molecule has 98 valence electrons. The van der Waals surface area contributed by atoms with Crippen LogP contribution in [0, 0.1) is 5.92 Å². The van der Waals surface area contributed by atoms with Crippen molar-refractivity contribution in [3.8, 4) is 0 Å². The summed E-state index contributed by atoms with van der Waals surface area (Å²) < 4.78 is 5.91. The summed E-state index contributed by atoms with van der Waals surface area (Å²) in [6.45, 7) is 3.66. The van der Waals surface area contributed by atoms with E-state index in [2.05, 4.69) is 17.3 Å². The fourth-order valence-corrected chi connectivity index (χ4v) is 3.99. The molecule has 2 heterocycles. The van der Waals surface area contributed by atoms with Gasteiger partial charge in [-0.1, -0.05) is 12.8 Å². The Kier molecular flexibility index (Phi) is 3.69. The molecule has 3 rings (SSSR count). The Bertz CT molecular complexity index is 247. The van der Waals surface area contributed by atoms with Crippen LogP contribution in [0.2, 0.25) is 0 Å². The van der Waals surface area contributed by atoms with Gasteiger partial charge in [-0.2, -0.15) is 0 Å². The van der Waals surface area contributed by atoms with E-state index in [9.17, 15) is 0 Å². The third kappa shape index (κ3) is 2.67. The molecular formula is C14H26N2O. The summed E-state index contributed by atoms with van der Waals surface area (Å²) in [6.07, 6.45) is 9.31. The lowest BCUT2D eigenvalue weighted by Crippen LogP contribution is -2.48. The number of nitrogens with zero attached hydrogens (tertiary/aromatic N) is 1. The highest BCUT2D eigenvalue weighted by molar-refractivity contribution is 4.88.